The van der Waals surface area contributed by atoms with E-state index in [1.807, 2.05) is 19.1 Å². The Bertz CT molecular complexity index is 399. The molecule has 1 N–H and O–H groups in total. The van der Waals surface area contributed by atoms with Gasteiger partial charge in [0.2, 0.25) is 0 Å². The molecule has 0 aromatic heterocycles. The van der Waals surface area contributed by atoms with Gasteiger partial charge in [0, 0.05) is 5.92 Å². The van der Waals surface area contributed by atoms with Gasteiger partial charge >= 0.3 is 5.97 Å². The van der Waals surface area contributed by atoms with Crippen molar-refractivity contribution >= 4 is 23.7 Å². The monoisotopic (exact) mass is 254 g/mol. The van der Waals surface area contributed by atoms with Crippen LogP contribution in [0.3, 0.4) is 0 Å². The highest BCUT2D eigenvalue weighted by Crippen LogP contribution is 2.16. The summed E-state index contributed by atoms with van der Waals surface area (Å²) in [7, 11) is 0. The van der Waals surface area contributed by atoms with Crippen LogP contribution in [-0.2, 0) is 16.0 Å². The predicted molar refractivity (Wildman–Crippen MR) is 66.4 cm³/mol. The zero-order chi connectivity index (χ0) is 12.8. The molecule has 0 radical (unpaired) electrons. The summed E-state index contributed by atoms with van der Waals surface area (Å²) < 4.78 is 4.99. The molecule has 5 heteroatoms. The molecule has 17 heavy (non-hydrogen) atoms. The number of hydrogen-bond acceptors (Lipinski definition) is 3. The Morgan fingerprint density at radius 1 is 1.35 bits per heavy atom. The van der Waals surface area contributed by atoms with E-state index in [9.17, 15) is 9.59 Å². The minimum atomic E-state index is -1.01. The summed E-state index contributed by atoms with van der Waals surface area (Å²) in [4.78, 5) is 21.3. The zero-order valence-electron chi connectivity index (χ0n) is 9.42. The van der Waals surface area contributed by atoms with Crippen LogP contribution >= 0.6 is 12.6 Å². The molecule has 1 rings (SSSR count). The standard InChI is InChI=1S/C12H14O4S/c1-8(12(15)17)6-9-2-4-10(5-3-9)16-7-11(13)14/h2-5,8H,6-7H2,1H3,(H,13,14)(H,15,17). The molecule has 0 heterocycles. The highest BCUT2D eigenvalue weighted by atomic mass is 32.1. The molecule has 1 aromatic rings. The lowest BCUT2D eigenvalue weighted by Crippen LogP contribution is -2.09. The van der Waals surface area contributed by atoms with Crippen LogP contribution in [-0.4, -0.2) is 22.8 Å². The van der Waals surface area contributed by atoms with E-state index in [0.717, 1.165) is 5.56 Å². The van der Waals surface area contributed by atoms with Crippen LogP contribution in [0, 0.1) is 5.92 Å². The summed E-state index contributed by atoms with van der Waals surface area (Å²) in [6.07, 6.45) is 0.613. The van der Waals surface area contributed by atoms with E-state index in [1.54, 1.807) is 12.1 Å². The molecule has 1 aromatic carbocycles. The Morgan fingerprint density at radius 2 is 1.94 bits per heavy atom. The second-order valence-corrected chi connectivity index (χ2v) is 4.21. The average Bonchev–Trinajstić information content (AvgIpc) is 2.28. The maximum atomic E-state index is 11.0. The van der Waals surface area contributed by atoms with Gasteiger partial charge in [-0.15, -0.1) is 12.6 Å². The molecule has 0 saturated carbocycles. The van der Waals surface area contributed by atoms with Crippen molar-refractivity contribution in [1.82, 2.24) is 0 Å². The topological polar surface area (TPSA) is 63.6 Å². The van der Waals surface area contributed by atoms with Gasteiger partial charge in [0.15, 0.2) is 11.7 Å². The van der Waals surface area contributed by atoms with Gasteiger partial charge in [0.05, 0.1) is 0 Å². The Balaban J connectivity index is 2.55. The van der Waals surface area contributed by atoms with Crippen molar-refractivity contribution in [2.24, 2.45) is 5.92 Å². The van der Waals surface area contributed by atoms with Crippen LogP contribution in [0.4, 0.5) is 0 Å². The van der Waals surface area contributed by atoms with Crippen molar-refractivity contribution in [3.63, 3.8) is 0 Å². The van der Waals surface area contributed by atoms with Crippen molar-refractivity contribution in [3.05, 3.63) is 29.8 Å². The fourth-order valence-corrected chi connectivity index (χ4v) is 1.40. The van der Waals surface area contributed by atoms with E-state index < -0.39 is 5.97 Å². The van der Waals surface area contributed by atoms with Crippen molar-refractivity contribution in [1.29, 1.82) is 0 Å². The number of benzene rings is 1. The van der Waals surface area contributed by atoms with Crippen LogP contribution in [0.25, 0.3) is 0 Å². The zero-order valence-corrected chi connectivity index (χ0v) is 10.3. The van der Waals surface area contributed by atoms with E-state index in [1.165, 1.54) is 0 Å². The normalized spacial score (nSPS) is 11.9. The van der Waals surface area contributed by atoms with Gasteiger partial charge in [-0.2, -0.15) is 0 Å². The number of carboxylic acid groups (broad SMARTS) is 1. The predicted octanol–water partition coefficient (Wildman–Crippen LogP) is 1.78. The second kappa shape index (κ2) is 6.30. The Kier molecular flexibility index (Phi) is 5.03. The van der Waals surface area contributed by atoms with Crippen LogP contribution in [0.2, 0.25) is 0 Å². The van der Waals surface area contributed by atoms with E-state index in [2.05, 4.69) is 12.6 Å². The van der Waals surface area contributed by atoms with Crippen molar-refractivity contribution in [3.8, 4) is 5.75 Å². The summed E-state index contributed by atoms with van der Waals surface area (Å²) >= 11 is 3.77. The maximum absolute atomic E-state index is 11.0. The smallest absolute Gasteiger partial charge is 0.341 e. The lowest BCUT2D eigenvalue weighted by atomic mass is 10.0. The quantitative estimate of drug-likeness (QED) is 0.760. The first kappa shape index (κ1) is 13.6. The van der Waals surface area contributed by atoms with E-state index in [-0.39, 0.29) is 17.6 Å². The number of carbonyl (C=O) groups is 2. The fraction of sp³-hybridized carbons (Fsp3) is 0.333. The molecule has 0 aliphatic carbocycles. The van der Waals surface area contributed by atoms with Gasteiger partial charge in [0.25, 0.3) is 0 Å². The summed E-state index contributed by atoms with van der Waals surface area (Å²) in [5.74, 6) is -0.645. The first-order valence-corrected chi connectivity index (χ1v) is 5.60. The highest BCUT2D eigenvalue weighted by Gasteiger charge is 2.09. The van der Waals surface area contributed by atoms with E-state index >= 15 is 0 Å². The third kappa shape index (κ3) is 4.91. The van der Waals surface area contributed by atoms with Crippen LogP contribution in [0.1, 0.15) is 12.5 Å². The highest BCUT2D eigenvalue weighted by molar-refractivity contribution is 7.96. The molecule has 0 amide bonds. The molecule has 0 aliphatic heterocycles. The van der Waals surface area contributed by atoms with E-state index in [4.69, 9.17) is 9.84 Å². The lowest BCUT2D eigenvalue weighted by molar-refractivity contribution is -0.139. The van der Waals surface area contributed by atoms with Crippen LogP contribution in [0.5, 0.6) is 5.75 Å². The number of aliphatic carboxylic acids is 1. The molecule has 0 spiro atoms. The number of thiol groups is 1. The molecule has 4 nitrogen and oxygen atoms in total. The minimum Gasteiger partial charge on any atom is -0.482 e. The van der Waals surface area contributed by atoms with Gasteiger partial charge in [-0.25, -0.2) is 4.79 Å². The lowest BCUT2D eigenvalue weighted by Gasteiger charge is -2.08. The fourth-order valence-electron chi connectivity index (χ4n) is 1.31. The molecule has 1 unspecified atom stereocenters. The number of hydrogen-bond donors (Lipinski definition) is 2. The first-order chi connectivity index (χ1) is 7.99. The number of carboxylic acids is 1. The summed E-state index contributed by atoms with van der Waals surface area (Å²) in [5, 5.41) is 8.30. The van der Waals surface area contributed by atoms with Crippen molar-refractivity contribution < 1.29 is 19.4 Å². The number of ether oxygens (including phenoxy) is 1. The summed E-state index contributed by atoms with van der Waals surface area (Å²) in [6.45, 7) is 1.45. The first-order valence-electron chi connectivity index (χ1n) is 5.15. The van der Waals surface area contributed by atoms with Gasteiger partial charge in [-0.1, -0.05) is 19.1 Å². The Morgan fingerprint density at radius 3 is 2.41 bits per heavy atom. The van der Waals surface area contributed by atoms with Crippen LogP contribution < -0.4 is 4.74 Å². The third-order valence-electron chi connectivity index (χ3n) is 2.25. The Hall–Kier alpha value is -1.49. The second-order valence-electron chi connectivity index (χ2n) is 3.77. The molecule has 0 saturated heterocycles. The van der Waals surface area contributed by atoms with E-state index in [0.29, 0.717) is 12.2 Å². The van der Waals surface area contributed by atoms with Gasteiger partial charge in [-0.3, -0.25) is 4.79 Å². The van der Waals surface area contributed by atoms with Crippen molar-refractivity contribution in [2.75, 3.05) is 6.61 Å². The SMILES string of the molecule is CC(Cc1ccc(OCC(=O)O)cc1)C(=O)S. The van der Waals surface area contributed by atoms with Crippen LogP contribution in [0.15, 0.2) is 24.3 Å². The molecule has 92 valence electrons. The number of rotatable bonds is 6. The Labute approximate surface area is 105 Å². The molecular weight excluding hydrogens is 240 g/mol. The van der Waals surface area contributed by atoms with Gasteiger partial charge < -0.3 is 9.84 Å². The molecule has 0 bridgehead atoms. The largest absolute Gasteiger partial charge is 0.482 e. The third-order valence-corrected chi connectivity index (χ3v) is 2.69. The van der Waals surface area contributed by atoms with Gasteiger partial charge in [-0.05, 0) is 24.1 Å². The molecule has 0 aliphatic rings. The molecule has 0 fully saturated rings. The number of carbonyl (C=O) groups excluding carboxylic acids is 1. The maximum Gasteiger partial charge on any atom is 0.341 e. The van der Waals surface area contributed by atoms with Gasteiger partial charge in [0.1, 0.15) is 5.75 Å². The summed E-state index contributed by atoms with van der Waals surface area (Å²) in [5.41, 5.74) is 0.988. The van der Waals surface area contributed by atoms with Crippen molar-refractivity contribution in [2.45, 2.75) is 13.3 Å². The molecule has 1 atom stereocenters. The summed E-state index contributed by atoms with van der Waals surface area (Å²) in [6, 6.07) is 7.00. The minimum absolute atomic E-state index is 0.135. The average molecular weight is 254 g/mol. The molecular formula is C12H14O4S.